The lowest BCUT2D eigenvalue weighted by Gasteiger charge is -2.10. The third-order valence-electron chi connectivity index (χ3n) is 2.85. The zero-order valence-electron chi connectivity index (χ0n) is 10.3. The summed E-state index contributed by atoms with van der Waals surface area (Å²) >= 11 is 1.39. The molecule has 0 aliphatic heterocycles. The van der Waals surface area contributed by atoms with Crippen molar-refractivity contribution in [1.82, 2.24) is 0 Å². The molecule has 18 heavy (non-hydrogen) atoms. The summed E-state index contributed by atoms with van der Waals surface area (Å²) in [6.07, 6.45) is 0.906. The van der Waals surface area contributed by atoms with Crippen LogP contribution in [0.4, 0.5) is 0 Å². The molecule has 0 aliphatic carbocycles. The molecule has 4 heteroatoms. The van der Waals surface area contributed by atoms with Crippen molar-refractivity contribution in [1.29, 1.82) is 0 Å². The van der Waals surface area contributed by atoms with Crippen LogP contribution in [0.25, 0.3) is 11.1 Å². The number of rotatable bonds is 4. The molecule has 1 aromatic carbocycles. The largest absolute Gasteiger partial charge is 0.496 e. The molecule has 0 atom stereocenters. The predicted molar refractivity (Wildman–Crippen MR) is 72.6 cm³/mol. The highest BCUT2D eigenvalue weighted by atomic mass is 32.1. The molecule has 3 nitrogen and oxygen atoms in total. The van der Waals surface area contributed by atoms with Crippen LogP contribution < -0.4 is 4.74 Å². The number of hydrogen-bond donors (Lipinski definition) is 1. The molecule has 2 aromatic rings. The van der Waals surface area contributed by atoms with Crippen LogP contribution in [0.1, 0.15) is 22.8 Å². The van der Waals surface area contributed by atoms with Gasteiger partial charge in [-0.05, 0) is 29.5 Å². The minimum Gasteiger partial charge on any atom is -0.496 e. The Morgan fingerprint density at radius 2 is 2.11 bits per heavy atom. The van der Waals surface area contributed by atoms with E-state index in [-0.39, 0.29) is 0 Å². The van der Waals surface area contributed by atoms with E-state index in [9.17, 15) is 9.90 Å². The molecule has 1 heterocycles. The van der Waals surface area contributed by atoms with Crippen LogP contribution in [-0.4, -0.2) is 18.2 Å². The number of aromatic carboxylic acids is 1. The molecule has 0 radical (unpaired) electrons. The zero-order valence-corrected chi connectivity index (χ0v) is 11.1. The molecule has 0 bridgehead atoms. The van der Waals surface area contributed by atoms with Crippen LogP contribution in [0, 0.1) is 0 Å². The molecule has 1 N–H and O–H groups in total. The van der Waals surface area contributed by atoms with Gasteiger partial charge in [0.25, 0.3) is 0 Å². The smallest absolute Gasteiger partial charge is 0.337 e. The maximum atomic E-state index is 11.2. The number of hydrogen-bond acceptors (Lipinski definition) is 3. The third kappa shape index (κ3) is 2.24. The van der Waals surface area contributed by atoms with Gasteiger partial charge in [0.2, 0.25) is 0 Å². The van der Waals surface area contributed by atoms with Crippen LogP contribution in [0.2, 0.25) is 0 Å². The Bertz CT molecular complexity index is 572. The van der Waals surface area contributed by atoms with Gasteiger partial charge in [0, 0.05) is 16.5 Å². The number of carboxylic acids is 1. The second kappa shape index (κ2) is 5.23. The number of ether oxygens (including phenoxy) is 1. The fraction of sp³-hybridized carbons (Fsp3) is 0.214. The van der Waals surface area contributed by atoms with Crippen molar-refractivity contribution in [3.63, 3.8) is 0 Å². The average molecular weight is 262 g/mol. The summed E-state index contributed by atoms with van der Waals surface area (Å²) in [5, 5.41) is 12.7. The SMILES string of the molecule is CCc1ccc(OC)c(-c2cscc2C(=O)O)c1. The van der Waals surface area contributed by atoms with Gasteiger partial charge in [0.15, 0.2) is 0 Å². The highest BCUT2D eigenvalue weighted by Crippen LogP contribution is 2.35. The topological polar surface area (TPSA) is 46.5 Å². The number of carbonyl (C=O) groups is 1. The Morgan fingerprint density at radius 3 is 2.72 bits per heavy atom. The Kier molecular flexibility index (Phi) is 3.67. The molecule has 0 fully saturated rings. The zero-order chi connectivity index (χ0) is 13.1. The second-order valence-corrected chi connectivity index (χ2v) is 4.64. The molecule has 0 saturated heterocycles. The Labute approximate surface area is 110 Å². The molecular weight excluding hydrogens is 248 g/mol. The van der Waals surface area contributed by atoms with Gasteiger partial charge in [-0.3, -0.25) is 0 Å². The Balaban J connectivity index is 2.61. The summed E-state index contributed by atoms with van der Waals surface area (Å²) < 4.78 is 5.32. The summed E-state index contributed by atoms with van der Waals surface area (Å²) in [5.74, 6) is -0.205. The van der Waals surface area contributed by atoms with Gasteiger partial charge in [-0.2, -0.15) is 11.3 Å². The number of methoxy groups -OCH3 is 1. The normalized spacial score (nSPS) is 10.3. The van der Waals surface area contributed by atoms with E-state index in [4.69, 9.17) is 4.74 Å². The molecule has 0 amide bonds. The summed E-state index contributed by atoms with van der Waals surface area (Å²) in [7, 11) is 1.59. The quantitative estimate of drug-likeness (QED) is 0.914. The minimum atomic E-state index is -0.907. The number of thiophene rings is 1. The van der Waals surface area contributed by atoms with E-state index in [0.717, 1.165) is 23.1 Å². The highest BCUT2D eigenvalue weighted by Gasteiger charge is 2.16. The fourth-order valence-corrected chi connectivity index (χ4v) is 2.68. The molecule has 0 saturated carbocycles. The lowest BCUT2D eigenvalue weighted by Crippen LogP contribution is -1.97. The first-order valence-electron chi connectivity index (χ1n) is 5.64. The van der Waals surface area contributed by atoms with E-state index < -0.39 is 5.97 Å². The summed E-state index contributed by atoms with van der Waals surface area (Å²) in [5.41, 5.74) is 3.05. The van der Waals surface area contributed by atoms with Crippen molar-refractivity contribution in [3.05, 3.63) is 40.1 Å². The van der Waals surface area contributed by atoms with Gasteiger partial charge in [-0.1, -0.05) is 13.0 Å². The Hall–Kier alpha value is -1.81. The van der Waals surface area contributed by atoms with Crippen LogP contribution in [0.3, 0.4) is 0 Å². The van der Waals surface area contributed by atoms with Crippen molar-refractivity contribution in [2.45, 2.75) is 13.3 Å². The van der Waals surface area contributed by atoms with Gasteiger partial charge in [-0.15, -0.1) is 0 Å². The first-order valence-corrected chi connectivity index (χ1v) is 6.58. The maximum Gasteiger partial charge on any atom is 0.337 e. The first-order chi connectivity index (χ1) is 8.67. The van der Waals surface area contributed by atoms with E-state index in [1.165, 1.54) is 11.3 Å². The van der Waals surface area contributed by atoms with Crippen molar-refractivity contribution >= 4 is 17.3 Å². The van der Waals surface area contributed by atoms with Crippen molar-refractivity contribution in [2.24, 2.45) is 0 Å². The average Bonchev–Trinajstić information content (AvgIpc) is 2.87. The van der Waals surface area contributed by atoms with Gasteiger partial charge >= 0.3 is 5.97 Å². The maximum absolute atomic E-state index is 11.2. The van der Waals surface area contributed by atoms with E-state index in [2.05, 4.69) is 6.92 Å². The predicted octanol–water partition coefficient (Wildman–Crippen LogP) is 3.68. The molecular formula is C14H14O3S. The van der Waals surface area contributed by atoms with Gasteiger partial charge in [0.1, 0.15) is 5.75 Å². The number of carboxylic acid groups (broad SMARTS) is 1. The number of aryl methyl sites for hydroxylation is 1. The van der Waals surface area contributed by atoms with Crippen molar-refractivity contribution < 1.29 is 14.6 Å². The molecule has 0 spiro atoms. The van der Waals surface area contributed by atoms with E-state index in [0.29, 0.717) is 11.3 Å². The molecule has 0 aliphatic rings. The molecule has 1 aromatic heterocycles. The summed E-state index contributed by atoms with van der Waals surface area (Å²) in [6, 6.07) is 5.87. The first kappa shape index (κ1) is 12.6. The van der Waals surface area contributed by atoms with E-state index >= 15 is 0 Å². The van der Waals surface area contributed by atoms with Crippen molar-refractivity contribution in [2.75, 3.05) is 7.11 Å². The van der Waals surface area contributed by atoms with Gasteiger partial charge in [-0.25, -0.2) is 4.79 Å². The monoisotopic (exact) mass is 262 g/mol. The Morgan fingerprint density at radius 1 is 1.33 bits per heavy atom. The van der Waals surface area contributed by atoms with E-state index in [1.807, 2.05) is 23.6 Å². The highest BCUT2D eigenvalue weighted by molar-refractivity contribution is 7.08. The fourth-order valence-electron chi connectivity index (χ4n) is 1.86. The van der Waals surface area contributed by atoms with Gasteiger partial charge < -0.3 is 9.84 Å². The lowest BCUT2D eigenvalue weighted by atomic mass is 10.00. The lowest BCUT2D eigenvalue weighted by molar-refractivity contribution is 0.0698. The standard InChI is InChI=1S/C14H14O3S/c1-3-9-4-5-13(17-2)10(6-9)11-7-18-8-12(11)14(15)16/h4-8H,3H2,1-2H3,(H,15,16). The van der Waals surface area contributed by atoms with Crippen LogP contribution in [0.15, 0.2) is 29.0 Å². The molecule has 94 valence electrons. The number of benzene rings is 1. The second-order valence-electron chi connectivity index (χ2n) is 3.89. The van der Waals surface area contributed by atoms with Crippen LogP contribution >= 0.6 is 11.3 Å². The molecule has 0 unspecified atom stereocenters. The third-order valence-corrected chi connectivity index (χ3v) is 3.60. The van der Waals surface area contributed by atoms with E-state index in [1.54, 1.807) is 12.5 Å². The van der Waals surface area contributed by atoms with Crippen LogP contribution in [0.5, 0.6) is 5.75 Å². The molecule has 2 rings (SSSR count). The minimum absolute atomic E-state index is 0.326. The van der Waals surface area contributed by atoms with Crippen LogP contribution in [-0.2, 0) is 6.42 Å². The summed E-state index contributed by atoms with van der Waals surface area (Å²) in [4.78, 5) is 11.2. The van der Waals surface area contributed by atoms with Gasteiger partial charge in [0.05, 0.1) is 12.7 Å². The van der Waals surface area contributed by atoms with Crippen molar-refractivity contribution in [3.8, 4) is 16.9 Å². The summed E-state index contributed by atoms with van der Waals surface area (Å²) in [6.45, 7) is 2.07.